The fourth-order valence-corrected chi connectivity index (χ4v) is 5.47. The maximum atomic E-state index is 10.9. The van der Waals surface area contributed by atoms with E-state index in [0.717, 1.165) is 44.1 Å². The van der Waals surface area contributed by atoms with Gasteiger partial charge in [0.2, 0.25) is 0 Å². The van der Waals surface area contributed by atoms with Crippen LogP contribution in [0, 0.1) is 11.8 Å². The lowest BCUT2D eigenvalue weighted by atomic mass is 10.0. The van der Waals surface area contributed by atoms with Crippen LogP contribution in [-0.2, 0) is 9.53 Å². The van der Waals surface area contributed by atoms with Gasteiger partial charge in [-0.1, -0.05) is 95.9 Å². The molecule has 8 nitrogen and oxygen atoms in total. The summed E-state index contributed by atoms with van der Waals surface area (Å²) < 4.78 is 5.05. The van der Waals surface area contributed by atoms with Gasteiger partial charge >= 0.3 is 12.1 Å². The fraction of sp³-hybridized carbons (Fsp3) is 0.658. The van der Waals surface area contributed by atoms with Crippen molar-refractivity contribution in [2.24, 2.45) is 11.8 Å². The molecule has 0 bridgehead atoms. The smallest absolute Gasteiger partial charge is 0.407 e. The average molecular weight is 642 g/mol. The van der Waals surface area contributed by atoms with Gasteiger partial charge < -0.3 is 19.8 Å². The summed E-state index contributed by atoms with van der Waals surface area (Å²) in [6.07, 6.45) is 25.0. The summed E-state index contributed by atoms with van der Waals surface area (Å²) in [6, 6.07) is 6.72. The van der Waals surface area contributed by atoms with E-state index in [1.54, 1.807) is 6.92 Å². The maximum absolute atomic E-state index is 10.9. The molecule has 2 N–H and O–H groups in total. The van der Waals surface area contributed by atoms with Gasteiger partial charge in [0.15, 0.2) is 0 Å². The highest BCUT2D eigenvalue weighted by molar-refractivity contribution is 5.68. The number of carboxylic acid groups (broad SMARTS) is 1. The third-order valence-electron chi connectivity index (χ3n) is 8.44. The lowest BCUT2D eigenvalue weighted by Gasteiger charge is -2.38. The summed E-state index contributed by atoms with van der Waals surface area (Å²) in [7, 11) is 0. The Labute approximate surface area is 279 Å². The van der Waals surface area contributed by atoms with Crippen LogP contribution in [-0.4, -0.2) is 82.5 Å². The zero-order valence-corrected chi connectivity index (χ0v) is 29.4. The number of pyridine rings is 1. The Morgan fingerprint density at radius 2 is 1.72 bits per heavy atom. The van der Waals surface area contributed by atoms with Gasteiger partial charge in [-0.05, 0) is 57.1 Å². The minimum Gasteiger partial charge on any atom is -0.465 e. The third-order valence-corrected chi connectivity index (χ3v) is 8.44. The van der Waals surface area contributed by atoms with Crippen LogP contribution in [0.4, 0.5) is 4.79 Å². The van der Waals surface area contributed by atoms with Crippen molar-refractivity contribution in [2.45, 2.75) is 111 Å². The number of nitrogens with zero attached hydrogens (tertiary/aromatic N) is 3. The van der Waals surface area contributed by atoms with E-state index in [0.29, 0.717) is 38.0 Å². The Bertz CT molecular complexity index is 997. The second kappa shape index (κ2) is 26.1. The molecule has 260 valence electrons. The van der Waals surface area contributed by atoms with Gasteiger partial charge in [-0.3, -0.25) is 14.7 Å². The number of amides is 1. The van der Waals surface area contributed by atoms with Crippen molar-refractivity contribution in [3.8, 4) is 0 Å². The molecule has 3 unspecified atom stereocenters. The second-order valence-electron chi connectivity index (χ2n) is 12.6. The molecule has 3 rings (SSSR count). The molecule has 2 heterocycles. The van der Waals surface area contributed by atoms with E-state index in [1.165, 1.54) is 43.4 Å². The molecule has 46 heavy (non-hydrogen) atoms. The zero-order valence-electron chi connectivity index (χ0n) is 29.4. The molecule has 3 atom stereocenters. The predicted octanol–water partition coefficient (Wildman–Crippen LogP) is 8.25. The van der Waals surface area contributed by atoms with Crippen LogP contribution >= 0.6 is 0 Å². The molecule has 1 aromatic rings. The van der Waals surface area contributed by atoms with Gasteiger partial charge in [0.25, 0.3) is 0 Å². The highest BCUT2D eigenvalue weighted by atomic mass is 16.5. The average Bonchev–Trinajstić information content (AvgIpc) is 3.37. The van der Waals surface area contributed by atoms with Crippen molar-refractivity contribution in [2.75, 3.05) is 39.4 Å². The van der Waals surface area contributed by atoms with E-state index in [-0.39, 0.29) is 18.5 Å². The molecule has 1 aliphatic heterocycles. The SMILES string of the molecule is C/C=C\C=C\C(C)c1ccccn1.CCC(=O)OCC(C)/C=C/CC(C)CCCO.O=C(O)N1CCN(C2CCCCCC2)CC1. The fourth-order valence-electron chi connectivity index (χ4n) is 5.47. The van der Waals surface area contributed by atoms with Crippen molar-refractivity contribution < 1.29 is 24.5 Å². The summed E-state index contributed by atoms with van der Waals surface area (Å²) in [5.74, 6) is 1.12. The van der Waals surface area contributed by atoms with E-state index >= 15 is 0 Å². The first-order valence-electron chi connectivity index (χ1n) is 17.6. The molecule has 1 aliphatic carbocycles. The Balaban J connectivity index is 0.000000348. The number of aromatic nitrogens is 1. The van der Waals surface area contributed by atoms with Crippen molar-refractivity contribution in [3.63, 3.8) is 0 Å². The first-order chi connectivity index (χ1) is 22.2. The second-order valence-corrected chi connectivity index (χ2v) is 12.6. The van der Waals surface area contributed by atoms with Gasteiger partial charge in [-0.25, -0.2) is 4.79 Å². The summed E-state index contributed by atoms with van der Waals surface area (Å²) in [5.41, 5.74) is 1.11. The summed E-state index contributed by atoms with van der Waals surface area (Å²) in [6.45, 7) is 14.1. The first-order valence-corrected chi connectivity index (χ1v) is 17.6. The highest BCUT2D eigenvalue weighted by Gasteiger charge is 2.26. The number of allylic oxidation sites excluding steroid dienone is 5. The molecule has 1 saturated heterocycles. The van der Waals surface area contributed by atoms with E-state index in [9.17, 15) is 9.59 Å². The van der Waals surface area contributed by atoms with E-state index in [4.69, 9.17) is 14.9 Å². The number of hydrogen-bond acceptors (Lipinski definition) is 6. The van der Waals surface area contributed by atoms with Crippen LogP contribution in [0.25, 0.3) is 0 Å². The number of hydrogen-bond donors (Lipinski definition) is 2. The zero-order chi connectivity index (χ0) is 34.0. The first kappa shape index (κ1) is 41.1. The number of carbonyl (C=O) groups excluding carboxylic acids is 1. The number of carbonyl (C=O) groups is 2. The van der Waals surface area contributed by atoms with Gasteiger partial charge in [0.05, 0.1) is 6.61 Å². The minimum atomic E-state index is -0.763. The van der Waals surface area contributed by atoms with Gasteiger partial charge in [-0.15, -0.1) is 0 Å². The van der Waals surface area contributed by atoms with Crippen LogP contribution in [0.3, 0.4) is 0 Å². The Hall–Kier alpha value is -2.97. The molecule has 2 fully saturated rings. The molecule has 1 aromatic heterocycles. The molecule has 0 radical (unpaired) electrons. The molecule has 1 saturated carbocycles. The number of ether oxygens (including phenoxy) is 1. The normalized spacial score (nSPS) is 18.3. The van der Waals surface area contributed by atoms with E-state index < -0.39 is 6.09 Å². The van der Waals surface area contributed by atoms with Crippen molar-refractivity contribution >= 4 is 12.1 Å². The summed E-state index contributed by atoms with van der Waals surface area (Å²) in [5, 5.41) is 17.6. The highest BCUT2D eigenvalue weighted by Crippen LogP contribution is 2.23. The van der Waals surface area contributed by atoms with Crippen LogP contribution in [0.1, 0.15) is 110 Å². The number of piperazine rings is 1. The van der Waals surface area contributed by atoms with Crippen LogP contribution in [0.15, 0.2) is 60.9 Å². The third kappa shape index (κ3) is 19.5. The van der Waals surface area contributed by atoms with Crippen molar-refractivity contribution in [1.82, 2.24) is 14.8 Å². The number of rotatable bonds is 13. The van der Waals surface area contributed by atoms with Crippen molar-refractivity contribution in [1.29, 1.82) is 0 Å². The molecule has 8 heteroatoms. The Kier molecular flexibility index (Phi) is 23.3. The molecule has 0 spiro atoms. The summed E-state index contributed by atoms with van der Waals surface area (Å²) in [4.78, 5) is 30.1. The molecule has 0 aromatic carbocycles. The lowest BCUT2D eigenvalue weighted by molar-refractivity contribution is -0.144. The van der Waals surface area contributed by atoms with Crippen molar-refractivity contribution in [3.05, 3.63) is 66.5 Å². The summed E-state index contributed by atoms with van der Waals surface area (Å²) >= 11 is 0. The van der Waals surface area contributed by atoms with Crippen LogP contribution < -0.4 is 0 Å². The number of aliphatic hydroxyl groups is 1. The largest absolute Gasteiger partial charge is 0.465 e. The lowest BCUT2D eigenvalue weighted by Crippen LogP contribution is -2.51. The Morgan fingerprint density at radius 1 is 1.02 bits per heavy atom. The minimum absolute atomic E-state index is 0.137. The molecule has 1 amide bonds. The molecular weight excluding hydrogens is 578 g/mol. The predicted molar refractivity (Wildman–Crippen MR) is 189 cm³/mol. The number of aliphatic hydroxyl groups excluding tert-OH is 1. The van der Waals surface area contributed by atoms with E-state index in [2.05, 4.69) is 48.0 Å². The molecular formula is C38H63N3O5. The van der Waals surface area contributed by atoms with Crippen LogP contribution in [0.2, 0.25) is 0 Å². The molecule has 2 aliphatic rings. The van der Waals surface area contributed by atoms with E-state index in [1.807, 2.05) is 50.4 Å². The van der Waals surface area contributed by atoms with Gasteiger partial charge in [0.1, 0.15) is 0 Å². The monoisotopic (exact) mass is 641 g/mol. The number of esters is 1. The topological polar surface area (TPSA) is 103 Å². The Morgan fingerprint density at radius 3 is 2.28 bits per heavy atom. The van der Waals surface area contributed by atoms with Gasteiger partial charge in [0, 0.05) is 69.0 Å². The maximum Gasteiger partial charge on any atom is 0.407 e. The standard InChI is InChI=1S/C14H26O3.C12H22N2O2.C12H15N/c1-4-14(16)17-11-13(3)8-5-7-12(2)9-6-10-15;15-12(16)14-9-7-13(8-10-14)11-5-3-1-2-4-6-11;1-3-4-5-8-11(2)12-9-6-7-10-13-12/h5,8,12-13,15H,4,6-7,9-11H2,1-3H3;11H,1-10H2,(H,15,16);3-11H,1-2H3/b8-5+;;4-3-,8-5+. The quantitative estimate of drug-likeness (QED) is 0.0967. The van der Waals surface area contributed by atoms with Gasteiger partial charge in [-0.2, -0.15) is 0 Å². The van der Waals surface area contributed by atoms with Crippen LogP contribution in [0.5, 0.6) is 0 Å².